The predicted molar refractivity (Wildman–Crippen MR) is 68.1 cm³/mol. The van der Waals surface area contributed by atoms with Crippen molar-refractivity contribution in [1.29, 1.82) is 0 Å². The lowest BCUT2D eigenvalue weighted by molar-refractivity contribution is 0.228. The molecule has 0 unspecified atom stereocenters. The molecule has 0 aliphatic carbocycles. The van der Waals surface area contributed by atoms with Crippen molar-refractivity contribution in [1.82, 2.24) is 15.2 Å². The molecule has 4 heteroatoms. The van der Waals surface area contributed by atoms with Crippen molar-refractivity contribution in [3.8, 4) is 5.75 Å². The minimum Gasteiger partial charge on any atom is -0.489 e. The molecule has 0 radical (unpaired) electrons. The van der Waals surface area contributed by atoms with Gasteiger partial charge >= 0.3 is 0 Å². The summed E-state index contributed by atoms with van der Waals surface area (Å²) >= 11 is 0. The van der Waals surface area contributed by atoms with Crippen LogP contribution in [0.5, 0.6) is 5.75 Å². The van der Waals surface area contributed by atoms with Crippen molar-refractivity contribution in [3.05, 3.63) is 24.0 Å². The Bertz CT molecular complexity index is 331. The van der Waals surface area contributed by atoms with Crippen LogP contribution in [0.25, 0.3) is 0 Å². The molecule has 0 spiro atoms. The largest absolute Gasteiger partial charge is 0.489 e. The molecule has 4 nitrogen and oxygen atoms in total. The molecule has 0 amide bonds. The van der Waals surface area contributed by atoms with E-state index >= 15 is 0 Å². The van der Waals surface area contributed by atoms with Gasteiger partial charge in [0, 0.05) is 32.7 Å². The molecule has 0 saturated carbocycles. The Kier molecular flexibility index (Phi) is 4.34. The van der Waals surface area contributed by atoms with Crippen molar-refractivity contribution in [2.45, 2.75) is 26.5 Å². The third-order valence-electron chi connectivity index (χ3n) is 2.76. The topological polar surface area (TPSA) is 37.4 Å². The standard InChI is InChI=1S/C13H21N3O/c1-11(2)17-13-4-3-12(15-9-13)10-16-7-5-14-6-8-16/h3-4,9,11,14H,5-8,10H2,1-2H3. The van der Waals surface area contributed by atoms with Crippen LogP contribution < -0.4 is 10.1 Å². The molecule has 1 fully saturated rings. The molecule has 1 saturated heterocycles. The second-order valence-electron chi connectivity index (χ2n) is 4.68. The molecule has 2 rings (SSSR count). The van der Waals surface area contributed by atoms with Gasteiger partial charge in [-0.3, -0.25) is 9.88 Å². The summed E-state index contributed by atoms with van der Waals surface area (Å²) in [6.45, 7) is 9.34. The van der Waals surface area contributed by atoms with Gasteiger partial charge in [-0.05, 0) is 26.0 Å². The summed E-state index contributed by atoms with van der Waals surface area (Å²) in [5.74, 6) is 0.851. The number of pyridine rings is 1. The predicted octanol–water partition coefficient (Wildman–Crippen LogP) is 1.27. The van der Waals surface area contributed by atoms with Crippen LogP contribution >= 0.6 is 0 Å². The molecule has 1 aliphatic heterocycles. The van der Waals surface area contributed by atoms with E-state index < -0.39 is 0 Å². The lowest BCUT2D eigenvalue weighted by Gasteiger charge is -2.26. The van der Waals surface area contributed by atoms with Gasteiger partial charge in [0.2, 0.25) is 0 Å². The number of hydrogen-bond acceptors (Lipinski definition) is 4. The highest BCUT2D eigenvalue weighted by atomic mass is 16.5. The van der Waals surface area contributed by atoms with E-state index in [1.807, 2.05) is 26.1 Å². The highest BCUT2D eigenvalue weighted by Gasteiger charge is 2.10. The average molecular weight is 235 g/mol. The fourth-order valence-corrected chi connectivity index (χ4v) is 1.94. The van der Waals surface area contributed by atoms with Crippen LogP contribution in [0.1, 0.15) is 19.5 Å². The first kappa shape index (κ1) is 12.3. The van der Waals surface area contributed by atoms with Gasteiger partial charge in [-0.25, -0.2) is 0 Å². The Morgan fingerprint density at radius 1 is 1.35 bits per heavy atom. The zero-order valence-corrected chi connectivity index (χ0v) is 10.6. The molecule has 2 heterocycles. The van der Waals surface area contributed by atoms with Gasteiger partial charge in [0.25, 0.3) is 0 Å². The lowest BCUT2D eigenvalue weighted by atomic mass is 10.3. The number of aromatic nitrogens is 1. The van der Waals surface area contributed by atoms with Crippen molar-refractivity contribution >= 4 is 0 Å². The van der Waals surface area contributed by atoms with Crippen molar-refractivity contribution < 1.29 is 4.74 Å². The number of hydrogen-bond donors (Lipinski definition) is 1. The summed E-state index contributed by atoms with van der Waals surface area (Å²) < 4.78 is 5.57. The second-order valence-corrected chi connectivity index (χ2v) is 4.68. The summed E-state index contributed by atoms with van der Waals surface area (Å²) in [4.78, 5) is 6.86. The maximum absolute atomic E-state index is 5.57. The minimum atomic E-state index is 0.204. The normalized spacial score (nSPS) is 17.4. The van der Waals surface area contributed by atoms with Gasteiger partial charge in [-0.1, -0.05) is 0 Å². The number of nitrogens with one attached hydrogen (secondary N) is 1. The number of ether oxygens (including phenoxy) is 1. The SMILES string of the molecule is CC(C)Oc1ccc(CN2CCNCC2)nc1. The van der Waals surface area contributed by atoms with Crippen molar-refractivity contribution in [3.63, 3.8) is 0 Å². The third kappa shape index (κ3) is 3.98. The summed E-state index contributed by atoms with van der Waals surface area (Å²) in [6.07, 6.45) is 2.02. The Balaban J connectivity index is 1.88. The molecule has 1 aliphatic rings. The van der Waals surface area contributed by atoms with Crippen molar-refractivity contribution in [2.24, 2.45) is 0 Å². The number of nitrogens with zero attached hydrogens (tertiary/aromatic N) is 2. The maximum atomic E-state index is 5.57. The quantitative estimate of drug-likeness (QED) is 0.853. The second kappa shape index (κ2) is 5.98. The van der Waals surface area contributed by atoms with Crippen LogP contribution in [-0.4, -0.2) is 42.2 Å². The van der Waals surface area contributed by atoms with E-state index in [2.05, 4.69) is 21.3 Å². The average Bonchev–Trinajstić information content (AvgIpc) is 2.32. The molecular formula is C13H21N3O. The van der Waals surface area contributed by atoms with Crippen LogP contribution in [0.15, 0.2) is 18.3 Å². The van der Waals surface area contributed by atoms with E-state index in [-0.39, 0.29) is 6.10 Å². The molecule has 1 N–H and O–H groups in total. The van der Waals surface area contributed by atoms with Gasteiger partial charge in [-0.2, -0.15) is 0 Å². The van der Waals surface area contributed by atoms with E-state index in [0.717, 1.165) is 44.2 Å². The van der Waals surface area contributed by atoms with Gasteiger partial charge in [0.1, 0.15) is 5.75 Å². The van der Waals surface area contributed by atoms with Crippen molar-refractivity contribution in [2.75, 3.05) is 26.2 Å². The monoisotopic (exact) mass is 235 g/mol. The summed E-state index contributed by atoms with van der Waals surface area (Å²) in [5.41, 5.74) is 1.11. The smallest absolute Gasteiger partial charge is 0.137 e. The summed E-state index contributed by atoms with van der Waals surface area (Å²) in [6, 6.07) is 4.06. The van der Waals surface area contributed by atoms with Crippen LogP contribution in [0.3, 0.4) is 0 Å². The molecule has 0 bridgehead atoms. The highest BCUT2D eigenvalue weighted by Crippen LogP contribution is 2.12. The Morgan fingerprint density at radius 3 is 2.71 bits per heavy atom. The fourth-order valence-electron chi connectivity index (χ4n) is 1.94. The van der Waals surface area contributed by atoms with Gasteiger partial charge in [-0.15, -0.1) is 0 Å². The van der Waals surface area contributed by atoms with E-state index in [0.29, 0.717) is 0 Å². The van der Waals surface area contributed by atoms with Gasteiger partial charge in [0.05, 0.1) is 18.0 Å². The van der Waals surface area contributed by atoms with Crippen LogP contribution in [0, 0.1) is 0 Å². The van der Waals surface area contributed by atoms with Gasteiger partial charge in [0.15, 0.2) is 0 Å². The number of rotatable bonds is 4. The van der Waals surface area contributed by atoms with E-state index in [1.54, 1.807) is 0 Å². The first-order valence-electron chi connectivity index (χ1n) is 6.29. The Morgan fingerprint density at radius 2 is 2.12 bits per heavy atom. The molecule has 0 atom stereocenters. The molecule has 1 aromatic rings. The highest BCUT2D eigenvalue weighted by molar-refractivity contribution is 5.20. The fraction of sp³-hybridized carbons (Fsp3) is 0.615. The number of piperazine rings is 1. The van der Waals surface area contributed by atoms with Crippen LogP contribution in [-0.2, 0) is 6.54 Å². The maximum Gasteiger partial charge on any atom is 0.137 e. The molecule has 0 aromatic carbocycles. The summed E-state index contributed by atoms with van der Waals surface area (Å²) in [5, 5.41) is 3.35. The summed E-state index contributed by atoms with van der Waals surface area (Å²) in [7, 11) is 0. The lowest BCUT2D eigenvalue weighted by Crippen LogP contribution is -2.43. The van der Waals surface area contributed by atoms with Crippen LogP contribution in [0.2, 0.25) is 0 Å². The molecule has 17 heavy (non-hydrogen) atoms. The molecule has 1 aromatic heterocycles. The zero-order valence-electron chi connectivity index (χ0n) is 10.6. The van der Waals surface area contributed by atoms with E-state index in [9.17, 15) is 0 Å². The zero-order chi connectivity index (χ0) is 12.1. The van der Waals surface area contributed by atoms with Crippen LogP contribution in [0.4, 0.5) is 0 Å². The Labute approximate surface area is 103 Å². The first-order chi connectivity index (χ1) is 8.24. The third-order valence-corrected chi connectivity index (χ3v) is 2.76. The van der Waals surface area contributed by atoms with Gasteiger partial charge < -0.3 is 10.1 Å². The first-order valence-corrected chi connectivity index (χ1v) is 6.29. The van der Waals surface area contributed by atoms with E-state index in [4.69, 9.17) is 4.74 Å². The minimum absolute atomic E-state index is 0.204. The molecular weight excluding hydrogens is 214 g/mol. The van der Waals surface area contributed by atoms with E-state index in [1.165, 1.54) is 0 Å². The Hall–Kier alpha value is -1.13. The molecule has 94 valence electrons.